The molecule has 1 saturated heterocycles. The van der Waals surface area contributed by atoms with Gasteiger partial charge in [-0.2, -0.15) is 0 Å². The molecule has 2 rings (SSSR count). The predicted molar refractivity (Wildman–Crippen MR) is 91.8 cm³/mol. The number of amides is 1. The van der Waals surface area contributed by atoms with E-state index in [1.807, 2.05) is 6.92 Å². The van der Waals surface area contributed by atoms with Gasteiger partial charge in [0, 0.05) is 39.3 Å². The van der Waals surface area contributed by atoms with Crippen LogP contribution in [-0.4, -0.2) is 71.2 Å². The molecule has 24 heavy (non-hydrogen) atoms. The maximum atomic E-state index is 11.8. The number of hydrogen-bond donors (Lipinski definition) is 2. The van der Waals surface area contributed by atoms with Gasteiger partial charge >= 0.3 is 0 Å². The standard InChI is InChI=1S/C17H30N4O3/c1-3-5-14(22)11-20-7-9-21(10-8-20)12-16-19-15(13-24-16)17(23)18-6-4-2/h13-14,22H,3-12H2,1-2H3,(H,18,23)/t14-/m0/s1. The third kappa shape index (κ3) is 5.89. The molecular formula is C17H30N4O3. The summed E-state index contributed by atoms with van der Waals surface area (Å²) in [5.74, 6) is 0.401. The van der Waals surface area contributed by atoms with Crippen molar-refractivity contribution >= 4 is 5.91 Å². The number of aromatic nitrogens is 1. The van der Waals surface area contributed by atoms with Crippen molar-refractivity contribution < 1.29 is 14.3 Å². The topological polar surface area (TPSA) is 81.8 Å². The Kier molecular flexibility index (Phi) is 7.68. The third-order valence-corrected chi connectivity index (χ3v) is 4.23. The number of aliphatic hydroxyl groups is 1. The van der Waals surface area contributed by atoms with Crippen LogP contribution in [0.5, 0.6) is 0 Å². The molecule has 0 spiro atoms. The minimum Gasteiger partial charge on any atom is -0.447 e. The van der Waals surface area contributed by atoms with Crippen molar-refractivity contribution in [1.82, 2.24) is 20.1 Å². The number of carbonyl (C=O) groups is 1. The summed E-state index contributed by atoms with van der Waals surface area (Å²) in [5, 5.41) is 12.7. The summed E-state index contributed by atoms with van der Waals surface area (Å²) in [6.07, 6.45) is 3.97. The molecule has 2 heterocycles. The van der Waals surface area contributed by atoms with E-state index < -0.39 is 0 Å². The molecule has 1 aromatic rings. The van der Waals surface area contributed by atoms with Crippen molar-refractivity contribution in [2.45, 2.75) is 45.8 Å². The van der Waals surface area contributed by atoms with E-state index in [1.54, 1.807) is 0 Å². The summed E-state index contributed by atoms with van der Waals surface area (Å²) < 4.78 is 5.42. The number of oxazole rings is 1. The van der Waals surface area contributed by atoms with Gasteiger partial charge in [-0.25, -0.2) is 4.98 Å². The fourth-order valence-electron chi connectivity index (χ4n) is 2.86. The van der Waals surface area contributed by atoms with Gasteiger partial charge in [-0.1, -0.05) is 20.3 Å². The first kappa shape index (κ1) is 18.9. The number of piperazine rings is 1. The molecule has 1 aliphatic rings. The van der Waals surface area contributed by atoms with Crippen molar-refractivity contribution in [3.63, 3.8) is 0 Å². The quantitative estimate of drug-likeness (QED) is 0.701. The van der Waals surface area contributed by atoms with Crippen LogP contribution < -0.4 is 5.32 Å². The zero-order valence-corrected chi connectivity index (χ0v) is 14.8. The Morgan fingerprint density at radius 2 is 2.00 bits per heavy atom. The number of rotatable bonds is 9. The first-order chi connectivity index (χ1) is 11.6. The van der Waals surface area contributed by atoms with Crippen molar-refractivity contribution in [1.29, 1.82) is 0 Å². The average Bonchev–Trinajstić information content (AvgIpc) is 3.03. The average molecular weight is 338 g/mol. The summed E-state index contributed by atoms with van der Waals surface area (Å²) in [6, 6.07) is 0. The number of nitrogens with one attached hydrogen (secondary N) is 1. The van der Waals surface area contributed by atoms with Crippen LogP contribution in [0.4, 0.5) is 0 Å². The number of nitrogens with zero attached hydrogens (tertiary/aromatic N) is 3. The molecule has 0 aliphatic carbocycles. The van der Waals surface area contributed by atoms with Gasteiger partial charge in [-0.15, -0.1) is 0 Å². The fourth-order valence-corrected chi connectivity index (χ4v) is 2.86. The van der Waals surface area contributed by atoms with Gasteiger partial charge in [0.25, 0.3) is 5.91 Å². The van der Waals surface area contributed by atoms with Gasteiger partial charge < -0.3 is 14.8 Å². The number of hydrogen-bond acceptors (Lipinski definition) is 6. The minimum atomic E-state index is -0.225. The lowest BCUT2D eigenvalue weighted by molar-refractivity contribution is 0.0634. The Labute approximate surface area is 144 Å². The van der Waals surface area contributed by atoms with Crippen LogP contribution >= 0.6 is 0 Å². The minimum absolute atomic E-state index is 0.179. The Morgan fingerprint density at radius 1 is 1.29 bits per heavy atom. The maximum Gasteiger partial charge on any atom is 0.273 e. The maximum absolute atomic E-state index is 11.8. The Balaban J connectivity index is 1.74. The van der Waals surface area contributed by atoms with Gasteiger partial charge in [-0.05, 0) is 12.8 Å². The van der Waals surface area contributed by atoms with Crippen molar-refractivity contribution in [2.75, 3.05) is 39.3 Å². The summed E-state index contributed by atoms with van der Waals surface area (Å²) >= 11 is 0. The molecule has 0 radical (unpaired) electrons. The second-order valence-corrected chi connectivity index (χ2v) is 6.40. The second-order valence-electron chi connectivity index (χ2n) is 6.40. The Hall–Kier alpha value is -1.44. The molecule has 7 heteroatoms. The molecule has 1 amide bonds. The molecule has 1 atom stereocenters. The van der Waals surface area contributed by atoms with E-state index >= 15 is 0 Å². The largest absolute Gasteiger partial charge is 0.447 e. The highest BCUT2D eigenvalue weighted by atomic mass is 16.3. The molecule has 0 unspecified atom stereocenters. The van der Waals surface area contributed by atoms with E-state index in [4.69, 9.17) is 4.42 Å². The van der Waals surface area contributed by atoms with E-state index in [2.05, 4.69) is 27.0 Å². The summed E-state index contributed by atoms with van der Waals surface area (Å²) in [6.45, 7) is 9.82. The normalized spacial score (nSPS) is 17.8. The smallest absolute Gasteiger partial charge is 0.273 e. The van der Waals surface area contributed by atoms with E-state index in [-0.39, 0.29) is 12.0 Å². The van der Waals surface area contributed by atoms with E-state index in [9.17, 15) is 9.90 Å². The SMILES string of the molecule is CCCNC(=O)c1coc(CN2CCN(C[C@@H](O)CCC)CC2)n1. The molecule has 2 N–H and O–H groups in total. The Bertz CT molecular complexity index is 498. The lowest BCUT2D eigenvalue weighted by Gasteiger charge is -2.34. The fraction of sp³-hybridized carbons (Fsp3) is 0.765. The first-order valence-corrected chi connectivity index (χ1v) is 8.97. The van der Waals surface area contributed by atoms with E-state index in [0.29, 0.717) is 24.7 Å². The molecule has 7 nitrogen and oxygen atoms in total. The van der Waals surface area contributed by atoms with Crippen LogP contribution in [0.2, 0.25) is 0 Å². The number of β-amino-alcohol motifs (C(OH)–C–C–N with tert-alkyl or cyclic N) is 1. The predicted octanol–water partition coefficient (Wildman–Crippen LogP) is 1.09. The molecule has 136 valence electrons. The molecule has 1 fully saturated rings. The zero-order chi connectivity index (χ0) is 17.4. The van der Waals surface area contributed by atoms with Crippen LogP contribution in [0.15, 0.2) is 10.7 Å². The van der Waals surface area contributed by atoms with Crippen LogP contribution in [-0.2, 0) is 6.54 Å². The summed E-state index contributed by atoms with van der Waals surface area (Å²) in [4.78, 5) is 20.7. The lowest BCUT2D eigenvalue weighted by Crippen LogP contribution is -2.48. The monoisotopic (exact) mass is 338 g/mol. The number of aliphatic hydroxyl groups excluding tert-OH is 1. The van der Waals surface area contributed by atoms with Gasteiger partial charge in [0.05, 0.1) is 12.6 Å². The van der Waals surface area contributed by atoms with Crippen molar-refractivity contribution in [2.24, 2.45) is 0 Å². The van der Waals surface area contributed by atoms with Crippen LogP contribution in [0, 0.1) is 0 Å². The third-order valence-electron chi connectivity index (χ3n) is 4.23. The van der Waals surface area contributed by atoms with Crippen molar-refractivity contribution in [3.05, 3.63) is 17.8 Å². The van der Waals surface area contributed by atoms with Gasteiger partial charge in [0.1, 0.15) is 6.26 Å². The molecule has 0 aromatic carbocycles. The molecular weight excluding hydrogens is 308 g/mol. The molecule has 1 aromatic heterocycles. The van der Waals surface area contributed by atoms with Gasteiger partial charge in [0.2, 0.25) is 5.89 Å². The van der Waals surface area contributed by atoms with Crippen LogP contribution in [0.3, 0.4) is 0 Å². The molecule has 1 aliphatic heterocycles. The van der Waals surface area contributed by atoms with Gasteiger partial charge in [0.15, 0.2) is 5.69 Å². The van der Waals surface area contributed by atoms with Crippen molar-refractivity contribution in [3.8, 4) is 0 Å². The first-order valence-electron chi connectivity index (χ1n) is 8.97. The Morgan fingerprint density at radius 3 is 2.67 bits per heavy atom. The highest BCUT2D eigenvalue weighted by Gasteiger charge is 2.21. The van der Waals surface area contributed by atoms with Gasteiger partial charge in [-0.3, -0.25) is 14.6 Å². The summed E-state index contributed by atoms with van der Waals surface area (Å²) in [5.41, 5.74) is 0.347. The van der Waals surface area contributed by atoms with E-state index in [0.717, 1.165) is 52.0 Å². The molecule has 0 saturated carbocycles. The molecule has 0 bridgehead atoms. The van der Waals surface area contributed by atoms with Crippen LogP contribution in [0.1, 0.15) is 49.5 Å². The summed E-state index contributed by atoms with van der Waals surface area (Å²) in [7, 11) is 0. The number of carbonyl (C=O) groups excluding carboxylic acids is 1. The van der Waals surface area contributed by atoms with E-state index in [1.165, 1.54) is 6.26 Å². The zero-order valence-electron chi connectivity index (χ0n) is 14.8. The highest BCUT2D eigenvalue weighted by Crippen LogP contribution is 2.10. The van der Waals surface area contributed by atoms with Crippen LogP contribution in [0.25, 0.3) is 0 Å². The lowest BCUT2D eigenvalue weighted by atomic mass is 10.2. The second kappa shape index (κ2) is 9.76. The highest BCUT2D eigenvalue weighted by molar-refractivity contribution is 5.91.